The summed E-state index contributed by atoms with van der Waals surface area (Å²) >= 11 is 1.22. The van der Waals surface area contributed by atoms with Crippen LogP contribution < -0.4 is 9.47 Å². The topological polar surface area (TPSA) is 88.4 Å². The first kappa shape index (κ1) is 23.1. The molecule has 34 heavy (non-hydrogen) atoms. The van der Waals surface area contributed by atoms with Gasteiger partial charge in [0.15, 0.2) is 16.7 Å². The molecule has 8 heteroatoms. The summed E-state index contributed by atoms with van der Waals surface area (Å²) in [5, 5.41) is 9.64. The van der Waals surface area contributed by atoms with E-state index in [2.05, 4.69) is 4.99 Å². The highest BCUT2D eigenvalue weighted by atomic mass is 32.2. The van der Waals surface area contributed by atoms with Crippen LogP contribution in [0.25, 0.3) is 6.08 Å². The molecule has 0 saturated carbocycles. The molecule has 0 aromatic heterocycles. The summed E-state index contributed by atoms with van der Waals surface area (Å²) in [7, 11) is 3.21. The van der Waals surface area contributed by atoms with E-state index in [1.165, 1.54) is 28.8 Å². The van der Waals surface area contributed by atoms with Gasteiger partial charge in [-0.1, -0.05) is 42.5 Å². The molecule has 1 amide bonds. The maximum Gasteiger partial charge on any atom is 0.335 e. The summed E-state index contributed by atoms with van der Waals surface area (Å²) in [4.78, 5) is 30.4. The predicted molar refractivity (Wildman–Crippen MR) is 133 cm³/mol. The van der Waals surface area contributed by atoms with Gasteiger partial charge in [0.25, 0.3) is 5.91 Å². The number of thioether (sulfide) groups is 1. The van der Waals surface area contributed by atoms with Gasteiger partial charge in [-0.15, -0.1) is 0 Å². The number of benzene rings is 3. The van der Waals surface area contributed by atoms with E-state index in [0.29, 0.717) is 33.9 Å². The Hall–Kier alpha value is -4.04. The van der Waals surface area contributed by atoms with Crippen molar-refractivity contribution in [2.75, 3.05) is 14.2 Å². The Labute approximate surface area is 201 Å². The summed E-state index contributed by atoms with van der Waals surface area (Å²) in [6.45, 7) is 0.416. The fourth-order valence-electron chi connectivity index (χ4n) is 3.25. The molecule has 4 rings (SSSR count). The van der Waals surface area contributed by atoms with E-state index in [-0.39, 0.29) is 11.5 Å². The molecular formula is C26H22N2O5S. The van der Waals surface area contributed by atoms with Crippen molar-refractivity contribution >= 4 is 40.6 Å². The molecule has 1 aliphatic heterocycles. The first-order valence-corrected chi connectivity index (χ1v) is 11.2. The lowest BCUT2D eigenvalue weighted by atomic mass is 10.2. The van der Waals surface area contributed by atoms with Gasteiger partial charge in [-0.25, -0.2) is 9.79 Å². The van der Waals surface area contributed by atoms with Crippen molar-refractivity contribution < 1.29 is 24.2 Å². The van der Waals surface area contributed by atoms with Crippen molar-refractivity contribution in [1.82, 2.24) is 4.90 Å². The van der Waals surface area contributed by atoms with Gasteiger partial charge in [-0.2, -0.15) is 0 Å². The quantitative estimate of drug-likeness (QED) is 0.473. The van der Waals surface area contributed by atoms with Gasteiger partial charge in [-0.05, 0) is 59.3 Å². The van der Waals surface area contributed by atoms with E-state index < -0.39 is 5.97 Å². The number of carbonyl (C=O) groups excluding carboxylic acids is 1. The smallest absolute Gasteiger partial charge is 0.335 e. The third kappa shape index (κ3) is 5.29. The molecule has 0 aliphatic carbocycles. The van der Waals surface area contributed by atoms with E-state index in [4.69, 9.17) is 9.47 Å². The van der Waals surface area contributed by atoms with E-state index in [0.717, 1.165) is 11.1 Å². The Balaban J connectivity index is 1.53. The van der Waals surface area contributed by atoms with Crippen LogP contribution in [0.1, 0.15) is 21.5 Å². The number of aromatic carboxylic acids is 1. The third-order valence-electron chi connectivity index (χ3n) is 5.04. The summed E-state index contributed by atoms with van der Waals surface area (Å²) in [5.41, 5.74) is 2.43. The van der Waals surface area contributed by atoms with Crippen LogP contribution in [0.2, 0.25) is 0 Å². The highest BCUT2D eigenvalue weighted by Crippen LogP contribution is 2.35. The maximum absolute atomic E-state index is 12.8. The molecule has 1 heterocycles. The number of carboxylic acids is 1. The maximum atomic E-state index is 12.8. The SMILES string of the molecule is COc1cc(C=C2SC(=Nc3cccc(C(=O)O)c3)N(C)C2=O)ccc1OCc1ccccc1. The number of rotatable bonds is 7. The monoisotopic (exact) mass is 474 g/mol. The Morgan fingerprint density at radius 3 is 2.59 bits per heavy atom. The molecule has 0 atom stereocenters. The van der Waals surface area contributed by atoms with Gasteiger partial charge < -0.3 is 14.6 Å². The summed E-state index contributed by atoms with van der Waals surface area (Å²) in [5.74, 6) is -0.0529. The highest BCUT2D eigenvalue weighted by molar-refractivity contribution is 8.18. The summed E-state index contributed by atoms with van der Waals surface area (Å²) in [6, 6.07) is 21.6. The number of ether oxygens (including phenoxy) is 2. The van der Waals surface area contributed by atoms with Gasteiger partial charge in [0.1, 0.15) is 6.61 Å². The van der Waals surface area contributed by atoms with E-state index in [1.807, 2.05) is 48.5 Å². The second-order valence-corrected chi connectivity index (χ2v) is 8.42. The molecule has 0 unspecified atom stereocenters. The van der Waals surface area contributed by atoms with Gasteiger partial charge in [0.2, 0.25) is 0 Å². The van der Waals surface area contributed by atoms with Gasteiger partial charge >= 0.3 is 5.97 Å². The molecule has 7 nitrogen and oxygen atoms in total. The average molecular weight is 475 g/mol. The predicted octanol–water partition coefficient (Wildman–Crippen LogP) is 5.21. The minimum atomic E-state index is -1.03. The number of hydrogen-bond acceptors (Lipinski definition) is 6. The fraction of sp³-hybridized carbons (Fsp3) is 0.115. The Morgan fingerprint density at radius 2 is 1.85 bits per heavy atom. The Kier molecular flexibility index (Phi) is 6.98. The van der Waals surface area contributed by atoms with Gasteiger partial charge in [-0.3, -0.25) is 9.69 Å². The van der Waals surface area contributed by atoms with Crippen LogP contribution in [0.15, 0.2) is 82.7 Å². The lowest BCUT2D eigenvalue weighted by molar-refractivity contribution is -0.121. The molecule has 3 aromatic carbocycles. The summed E-state index contributed by atoms with van der Waals surface area (Å²) < 4.78 is 11.4. The molecule has 172 valence electrons. The van der Waals surface area contributed by atoms with Crippen molar-refractivity contribution in [3.8, 4) is 11.5 Å². The third-order valence-corrected chi connectivity index (χ3v) is 6.10. The molecule has 0 bridgehead atoms. The fourth-order valence-corrected chi connectivity index (χ4v) is 4.24. The van der Waals surface area contributed by atoms with Gasteiger partial charge in [0, 0.05) is 7.05 Å². The normalized spacial score (nSPS) is 15.7. The second-order valence-electron chi connectivity index (χ2n) is 7.41. The number of carboxylic acid groups (broad SMARTS) is 1. The number of methoxy groups -OCH3 is 1. The first-order chi connectivity index (χ1) is 16.4. The molecule has 3 aromatic rings. The molecule has 0 radical (unpaired) electrons. The second kappa shape index (κ2) is 10.3. The molecule has 1 N–H and O–H groups in total. The molecule has 1 aliphatic rings. The number of carbonyl (C=O) groups is 2. The zero-order valence-corrected chi connectivity index (χ0v) is 19.4. The van der Waals surface area contributed by atoms with E-state index in [1.54, 1.807) is 32.4 Å². The number of hydrogen-bond donors (Lipinski definition) is 1. The molecule has 1 fully saturated rings. The van der Waals surface area contributed by atoms with Gasteiger partial charge in [0.05, 0.1) is 23.3 Å². The zero-order valence-electron chi connectivity index (χ0n) is 18.6. The highest BCUT2D eigenvalue weighted by Gasteiger charge is 2.30. The number of nitrogens with zero attached hydrogens (tertiary/aromatic N) is 2. The van der Waals surface area contributed by atoms with E-state index >= 15 is 0 Å². The summed E-state index contributed by atoms with van der Waals surface area (Å²) in [6.07, 6.45) is 1.77. The number of amides is 1. The molecule has 0 spiro atoms. The minimum absolute atomic E-state index is 0.135. The first-order valence-electron chi connectivity index (χ1n) is 10.4. The average Bonchev–Trinajstić information content (AvgIpc) is 3.11. The lowest BCUT2D eigenvalue weighted by Gasteiger charge is -2.11. The van der Waals surface area contributed by atoms with Crippen LogP contribution in [0, 0.1) is 0 Å². The largest absolute Gasteiger partial charge is 0.493 e. The van der Waals surface area contributed by atoms with Crippen molar-refractivity contribution in [2.45, 2.75) is 6.61 Å². The minimum Gasteiger partial charge on any atom is -0.493 e. The van der Waals surface area contributed by atoms with Crippen molar-refractivity contribution in [3.05, 3.63) is 94.4 Å². The van der Waals surface area contributed by atoms with Crippen LogP contribution >= 0.6 is 11.8 Å². The zero-order chi connectivity index (χ0) is 24.1. The van der Waals surface area contributed by atoms with Crippen LogP contribution in [-0.4, -0.2) is 41.2 Å². The van der Waals surface area contributed by atoms with Crippen LogP contribution in [0.4, 0.5) is 5.69 Å². The number of aliphatic imine (C=N–C) groups is 1. The standard InChI is InChI=1S/C26H22N2O5S/c1-28-24(29)23(34-26(28)27-20-10-6-9-19(15-20)25(30)31)14-18-11-12-21(22(13-18)32-2)33-16-17-7-4-3-5-8-17/h3-15H,16H2,1-2H3,(H,30,31). The van der Waals surface area contributed by atoms with Crippen molar-refractivity contribution in [1.29, 1.82) is 0 Å². The van der Waals surface area contributed by atoms with Crippen molar-refractivity contribution in [2.24, 2.45) is 4.99 Å². The Morgan fingerprint density at radius 1 is 1.06 bits per heavy atom. The van der Waals surface area contributed by atoms with Crippen LogP contribution in [-0.2, 0) is 11.4 Å². The lowest BCUT2D eigenvalue weighted by Crippen LogP contribution is -2.23. The van der Waals surface area contributed by atoms with Crippen LogP contribution in [0.3, 0.4) is 0 Å². The Bertz CT molecular complexity index is 1290. The van der Waals surface area contributed by atoms with Crippen LogP contribution in [0.5, 0.6) is 11.5 Å². The molecular weight excluding hydrogens is 452 g/mol. The molecule has 1 saturated heterocycles. The van der Waals surface area contributed by atoms with Crippen molar-refractivity contribution in [3.63, 3.8) is 0 Å². The number of amidine groups is 1. The number of likely N-dealkylation sites (N-methyl/N-ethyl adjacent to an activating group) is 1. The van der Waals surface area contributed by atoms with E-state index in [9.17, 15) is 14.7 Å².